The van der Waals surface area contributed by atoms with Crippen molar-refractivity contribution in [3.8, 4) is 0 Å². The van der Waals surface area contributed by atoms with E-state index < -0.39 is 10.0 Å². The van der Waals surface area contributed by atoms with Gasteiger partial charge in [-0.05, 0) is 26.3 Å². The van der Waals surface area contributed by atoms with E-state index in [2.05, 4.69) is 0 Å². The molecule has 6 heteroatoms. The highest BCUT2D eigenvalue weighted by Gasteiger charge is 2.09. The first-order chi connectivity index (χ1) is 7.35. The molecule has 1 rings (SSSR count). The van der Waals surface area contributed by atoms with Gasteiger partial charge in [0.1, 0.15) is 0 Å². The van der Waals surface area contributed by atoms with E-state index in [4.69, 9.17) is 5.14 Å². The van der Waals surface area contributed by atoms with Crippen LogP contribution < -0.4 is 5.14 Å². The van der Waals surface area contributed by atoms with Crippen molar-refractivity contribution < 1.29 is 13.2 Å². The second kappa shape index (κ2) is 4.80. The van der Waals surface area contributed by atoms with Crippen LogP contribution in [0.2, 0.25) is 0 Å². The van der Waals surface area contributed by atoms with Crippen LogP contribution in [0.25, 0.3) is 0 Å². The molecule has 0 amide bonds. The quantitative estimate of drug-likeness (QED) is 0.770. The molecule has 0 aliphatic rings. The van der Waals surface area contributed by atoms with E-state index in [1.165, 1.54) is 0 Å². The molecule has 1 aromatic rings. The second-order valence-electron chi connectivity index (χ2n) is 3.82. The third-order valence-electron chi connectivity index (χ3n) is 2.55. The first-order valence-electron chi connectivity index (χ1n) is 4.97. The number of aromatic nitrogens is 1. The lowest BCUT2D eigenvalue weighted by molar-refractivity contribution is 0.112. The van der Waals surface area contributed by atoms with Gasteiger partial charge in [-0.15, -0.1) is 0 Å². The highest BCUT2D eigenvalue weighted by Crippen LogP contribution is 2.13. The van der Waals surface area contributed by atoms with Gasteiger partial charge in [-0.3, -0.25) is 4.79 Å². The van der Waals surface area contributed by atoms with Gasteiger partial charge in [0, 0.05) is 23.5 Å². The highest BCUT2D eigenvalue weighted by atomic mass is 32.2. The standard InChI is InChI=1S/C10H16N2O3S/c1-8-6-10(7-13)9(2)12(8)4-3-5-16(11,14)15/h6-7H,3-5H2,1-2H3,(H2,11,14,15). The molecular weight excluding hydrogens is 228 g/mol. The Labute approximate surface area is 95.3 Å². The van der Waals surface area contributed by atoms with Crippen molar-refractivity contribution in [1.29, 1.82) is 0 Å². The Balaban J connectivity index is 2.74. The van der Waals surface area contributed by atoms with Crippen LogP contribution in [0.5, 0.6) is 0 Å². The molecule has 1 heterocycles. The molecule has 5 nitrogen and oxygen atoms in total. The Morgan fingerprint density at radius 1 is 1.44 bits per heavy atom. The van der Waals surface area contributed by atoms with Crippen molar-refractivity contribution in [2.45, 2.75) is 26.8 Å². The van der Waals surface area contributed by atoms with Crippen molar-refractivity contribution >= 4 is 16.3 Å². The summed E-state index contributed by atoms with van der Waals surface area (Å²) in [6.07, 6.45) is 1.26. The number of sulfonamides is 1. The summed E-state index contributed by atoms with van der Waals surface area (Å²) in [5.74, 6) is -0.0412. The Morgan fingerprint density at radius 3 is 2.50 bits per heavy atom. The van der Waals surface area contributed by atoms with Gasteiger partial charge in [0.2, 0.25) is 10.0 Å². The highest BCUT2D eigenvalue weighted by molar-refractivity contribution is 7.89. The topological polar surface area (TPSA) is 82.2 Å². The van der Waals surface area contributed by atoms with Crippen LogP contribution in [0.15, 0.2) is 6.07 Å². The van der Waals surface area contributed by atoms with Crippen LogP contribution in [0.3, 0.4) is 0 Å². The Hall–Kier alpha value is -1.14. The average molecular weight is 244 g/mol. The van der Waals surface area contributed by atoms with Gasteiger partial charge < -0.3 is 4.57 Å². The summed E-state index contributed by atoms with van der Waals surface area (Å²) in [7, 11) is -3.40. The number of hydrogen-bond donors (Lipinski definition) is 1. The third-order valence-corrected chi connectivity index (χ3v) is 3.41. The summed E-state index contributed by atoms with van der Waals surface area (Å²) >= 11 is 0. The molecule has 1 aromatic heterocycles. The third kappa shape index (κ3) is 3.18. The summed E-state index contributed by atoms with van der Waals surface area (Å²) in [4.78, 5) is 10.7. The fourth-order valence-corrected chi connectivity index (χ4v) is 2.25. The average Bonchev–Trinajstić information content (AvgIpc) is 2.42. The van der Waals surface area contributed by atoms with E-state index in [-0.39, 0.29) is 5.75 Å². The van der Waals surface area contributed by atoms with Crippen LogP contribution in [-0.4, -0.2) is 25.0 Å². The Kier molecular flexibility index (Phi) is 3.88. The smallest absolute Gasteiger partial charge is 0.209 e. The predicted molar refractivity (Wildman–Crippen MR) is 61.9 cm³/mol. The number of primary sulfonamides is 1. The summed E-state index contributed by atoms with van der Waals surface area (Å²) in [5.41, 5.74) is 2.46. The van der Waals surface area contributed by atoms with Crippen molar-refractivity contribution in [3.63, 3.8) is 0 Å². The maximum atomic E-state index is 10.8. The zero-order valence-electron chi connectivity index (χ0n) is 9.43. The number of nitrogens with two attached hydrogens (primary N) is 1. The number of nitrogens with zero attached hydrogens (tertiary/aromatic N) is 1. The number of carbonyl (C=O) groups is 1. The minimum atomic E-state index is -3.40. The Morgan fingerprint density at radius 2 is 2.06 bits per heavy atom. The molecule has 0 atom stereocenters. The van der Waals surface area contributed by atoms with Gasteiger partial charge in [0.05, 0.1) is 5.75 Å². The van der Waals surface area contributed by atoms with Crippen LogP contribution >= 0.6 is 0 Å². The van der Waals surface area contributed by atoms with Crippen molar-refractivity contribution in [1.82, 2.24) is 4.57 Å². The van der Waals surface area contributed by atoms with Gasteiger partial charge >= 0.3 is 0 Å². The van der Waals surface area contributed by atoms with E-state index >= 15 is 0 Å². The van der Waals surface area contributed by atoms with Crippen LogP contribution in [0, 0.1) is 13.8 Å². The van der Waals surface area contributed by atoms with E-state index in [9.17, 15) is 13.2 Å². The summed E-state index contributed by atoms with van der Waals surface area (Å²) < 4.78 is 23.5. The Bertz CT molecular complexity index is 488. The minimum absolute atomic E-state index is 0.0412. The molecular formula is C10H16N2O3S. The number of rotatable bonds is 5. The maximum Gasteiger partial charge on any atom is 0.209 e. The largest absolute Gasteiger partial charge is 0.348 e. The number of carbonyl (C=O) groups excluding carboxylic acids is 1. The molecule has 0 saturated carbocycles. The zero-order valence-corrected chi connectivity index (χ0v) is 10.3. The molecule has 0 unspecified atom stereocenters. The monoisotopic (exact) mass is 244 g/mol. The molecule has 0 saturated heterocycles. The zero-order chi connectivity index (χ0) is 12.3. The van der Waals surface area contributed by atoms with Gasteiger partial charge in [0.15, 0.2) is 6.29 Å². The van der Waals surface area contributed by atoms with Crippen molar-refractivity contribution in [3.05, 3.63) is 23.0 Å². The molecule has 0 aromatic carbocycles. The van der Waals surface area contributed by atoms with E-state index in [1.54, 1.807) is 6.07 Å². The predicted octanol–water partition coefficient (Wildman–Crippen LogP) is 0.596. The normalized spacial score (nSPS) is 11.7. The van der Waals surface area contributed by atoms with Crippen LogP contribution in [0.1, 0.15) is 28.2 Å². The molecule has 90 valence electrons. The van der Waals surface area contributed by atoms with E-state index in [1.807, 2.05) is 18.4 Å². The number of aryl methyl sites for hydroxylation is 1. The van der Waals surface area contributed by atoms with E-state index in [0.29, 0.717) is 18.5 Å². The lowest BCUT2D eigenvalue weighted by Crippen LogP contribution is -2.18. The summed E-state index contributed by atoms with van der Waals surface area (Å²) in [6, 6.07) is 1.79. The van der Waals surface area contributed by atoms with E-state index in [0.717, 1.165) is 17.7 Å². The molecule has 0 spiro atoms. The van der Waals surface area contributed by atoms with Crippen molar-refractivity contribution in [2.75, 3.05) is 5.75 Å². The fraction of sp³-hybridized carbons (Fsp3) is 0.500. The molecule has 0 fully saturated rings. The molecule has 0 bridgehead atoms. The lowest BCUT2D eigenvalue weighted by atomic mass is 10.3. The minimum Gasteiger partial charge on any atom is -0.348 e. The van der Waals surface area contributed by atoms with Gasteiger partial charge in [-0.1, -0.05) is 0 Å². The molecule has 2 N–H and O–H groups in total. The van der Waals surface area contributed by atoms with Gasteiger partial charge in [0.25, 0.3) is 0 Å². The summed E-state index contributed by atoms with van der Waals surface area (Å²) in [6.45, 7) is 4.28. The maximum absolute atomic E-state index is 10.8. The number of hydrogen-bond acceptors (Lipinski definition) is 3. The van der Waals surface area contributed by atoms with Crippen molar-refractivity contribution in [2.24, 2.45) is 5.14 Å². The van der Waals surface area contributed by atoms with Crippen LogP contribution in [0.4, 0.5) is 0 Å². The molecule has 0 aliphatic carbocycles. The molecule has 0 radical (unpaired) electrons. The van der Waals surface area contributed by atoms with Gasteiger partial charge in [-0.25, -0.2) is 13.6 Å². The second-order valence-corrected chi connectivity index (χ2v) is 5.55. The number of aldehydes is 1. The first kappa shape index (κ1) is 12.9. The SMILES string of the molecule is Cc1cc(C=O)c(C)n1CCCS(N)(=O)=O. The molecule has 16 heavy (non-hydrogen) atoms. The summed E-state index contributed by atoms with van der Waals surface area (Å²) in [5, 5.41) is 4.91. The first-order valence-corrected chi connectivity index (χ1v) is 6.69. The van der Waals surface area contributed by atoms with Crippen LogP contribution in [-0.2, 0) is 16.6 Å². The van der Waals surface area contributed by atoms with Gasteiger partial charge in [-0.2, -0.15) is 0 Å². The fourth-order valence-electron chi connectivity index (χ4n) is 1.71. The molecule has 0 aliphatic heterocycles. The lowest BCUT2D eigenvalue weighted by Gasteiger charge is -2.08.